The number of amides is 3. The van der Waals surface area contributed by atoms with Crippen LogP contribution in [0.2, 0.25) is 0 Å². The Kier molecular flexibility index (Phi) is 6.50. The maximum absolute atomic E-state index is 11.5. The fraction of sp³-hybridized carbons (Fsp3) is 0.412. The molecule has 0 heterocycles. The second kappa shape index (κ2) is 8.81. The summed E-state index contributed by atoms with van der Waals surface area (Å²) in [4.78, 5) is 45.8. The third-order valence-electron chi connectivity index (χ3n) is 3.38. The van der Waals surface area contributed by atoms with Gasteiger partial charge in [0.25, 0.3) is 5.91 Å². The van der Waals surface area contributed by atoms with Crippen molar-refractivity contribution in [1.82, 2.24) is 10.6 Å². The summed E-state index contributed by atoms with van der Waals surface area (Å²) in [5.41, 5.74) is 0.568. The zero-order chi connectivity index (χ0) is 18.2. The fourth-order valence-corrected chi connectivity index (χ4v) is 1.88. The van der Waals surface area contributed by atoms with Crippen LogP contribution in [0.3, 0.4) is 0 Å². The predicted molar refractivity (Wildman–Crippen MR) is 87.2 cm³/mol. The lowest BCUT2D eigenvalue weighted by Crippen LogP contribution is -2.42. The van der Waals surface area contributed by atoms with Crippen molar-refractivity contribution in [1.29, 1.82) is 0 Å². The lowest BCUT2D eigenvalue weighted by Gasteiger charge is -2.08. The Bertz CT molecular complexity index is 652. The summed E-state index contributed by atoms with van der Waals surface area (Å²) in [6, 6.07) is 5.90. The molecule has 0 aliphatic heterocycles. The van der Waals surface area contributed by atoms with Gasteiger partial charge in [-0.15, -0.1) is 0 Å². The minimum absolute atomic E-state index is 0.0164. The first-order valence-corrected chi connectivity index (χ1v) is 8.00. The van der Waals surface area contributed by atoms with Crippen LogP contribution in [0, 0.1) is 0 Å². The Balaban J connectivity index is 1.65. The van der Waals surface area contributed by atoms with Crippen molar-refractivity contribution in [3.05, 3.63) is 29.8 Å². The number of Topliss-reactive ketones (excluding diaryl/α,β-unsaturated/α-hetero) is 1. The Morgan fingerprint density at radius 1 is 1.08 bits per heavy atom. The minimum Gasteiger partial charge on any atom is -0.482 e. The molecule has 0 spiro atoms. The highest BCUT2D eigenvalue weighted by Crippen LogP contribution is 2.18. The number of benzene rings is 1. The maximum atomic E-state index is 11.5. The summed E-state index contributed by atoms with van der Waals surface area (Å²) in [5, 5.41) is 4.64. The summed E-state index contributed by atoms with van der Waals surface area (Å²) >= 11 is 0. The lowest BCUT2D eigenvalue weighted by atomic mass is 10.1. The van der Waals surface area contributed by atoms with Crippen LogP contribution < -0.4 is 15.4 Å². The third-order valence-corrected chi connectivity index (χ3v) is 3.38. The molecule has 1 aliphatic carbocycles. The molecule has 0 unspecified atom stereocenters. The van der Waals surface area contributed by atoms with Crippen LogP contribution in [0.5, 0.6) is 5.75 Å². The Morgan fingerprint density at radius 2 is 1.76 bits per heavy atom. The molecule has 1 aromatic carbocycles. The molecule has 3 amide bonds. The summed E-state index contributed by atoms with van der Waals surface area (Å²) in [6.07, 6.45) is 2.22. The number of hydrogen-bond acceptors (Lipinski definition) is 6. The highest BCUT2D eigenvalue weighted by atomic mass is 16.6. The van der Waals surface area contributed by atoms with Crippen molar-refractivity contribution in [2.75, 3.05) is 13.2 Å². The summed E-state index contributed by atoms with van der Waals surface area (Å²) in [5.74, 6) is -1.04. The predicted octanol–water partition coefficient (Wildman–Crippen LogP) is 1.19. The molecule has 134 valence electrons. The van der Waals surface area contributed by atoms with Crippen LogP contribution in [-0.4, -0.2) is 42.9 Å². The molecular weight excluding hydrogens is 328 g/mol. The van der Waals surface area contributed by atoms with Crippen molar-refractivity contribution in [2.24, 2.45) is 0 Å². The lowest BCUT2D eigenvalue weighted by molar-refractivity contribution is -0.150. The fourth-order valence-electron chi connectivity index (χ4n) is 1.88. The molecular formula is C17H20N2O6. The molecule has 0 saturated heterocycles. The number of hydrogen-bond donors (Lipinski definition) is 2. The molecule has 8 heteroatoms. The molecule has 1 aromatic rings. The first kappa shape index (κ1) is 18.4. The number of rotatable bonds is 8. The Hall–Kier alpha value is -2.90. The van der Waals surface area contributed by atoms with Crippen LogP contribution >= 0.6 is 0 Å². The van der Waals surface area contributed by atoms with Gasteiger partial charge in [0.15, 0.2) is 19.0 Å². The van der Waals surface area contributed by atoms with E-state index in [-0.39, 0.29) is 18.4 Å². The van der Waals surface area contributed by atoms with Gasteiger partial charge in [-0.3, -0.25) is 14.9 Å². The Labute approximate surface area is 144 Å². The monoisotopic (exact) mass is 348 g/mol. The van der Waals surface area contributed by atoms with Crippen LogP contribution in [0.1, 0.15) is 36.5 Å². The average molecular weight is 348 g/mol. The van der Waals surface area contributed by atoms with Crippen molar-refractivity contribution in [3.63, 3.8) is 0 Å². The molecule has 8 nitrogen and oxygen atoms in total. The van der Waals surface area contributed by atoms with E-state index in [0.717, 1.165) is 12.8 Å². The van der Waals surface area contributed by atoms with Crippen molar-refractivity contribution in [2.45, 2.75) is 32.2 Å². The maximum Gasteiger partial charge on any atom is 0.344 e. The largest absolute Gasteiger partial charge is 0.482 e. The van der Waals surface area contributed by atoms with Gasteiger partial charge >= 0.3 is 12.0 Å². The zero-order valence-corrected chi connectivity index (χ0v) is 13.9. The van der Waals surface area contributed by atoms with E-state index in [1.165, 1.54) is 0 Å². The number of carbonyl (C=O) groups excluding carboxylic acids is 4. The van der Waals surface area contributed by atoms with Gasteiger partial charge in [0.1, 0.15) is 5.75 Å². The van der Waals surface area contributed by atoms with Gasteiger partial charge in [-0.05, 0) is 37.1 Å². The smallest absolute Gasteiger partial charge is 0.344 e. The number of ether oxygens (including phenoxy) is 2. The highest BCUT2D eigenvalue weighted by Gasteiger charge is 2.24. The summed E-state index contributed by atoms with van der Waals surface area (Å²) in [6.45, 7) is 0.821. The quantitative estimate of drug-likeness (QED) is 0.539. The molecule has 0 radical (unpaired) electrons. The van der Waals surface area contributed by atoms with Gasteiger partial charge in [-0.25, -0.2) is 9.59 Å². The number of ketones is 1. The minimum atomic E-state index is -0.744. The molecule has 1 saturated carbocycles. The van der Waals surface area contributed by atoms with E-state index in [2.05, 4.69) is 10.6 Å². The van der Waals surface area contributed by atoms with Gasteiger partial charge in [-0.2, -0.15) is 0 Å². The van der Waals surface area contributed by atoms with Gasteiger partial charge in [-0.1, -0.05) is 6.92 Å². The first-order chi connectivity index (χ1) is 12.0. The second-order valence-electron chi connectivity index (χ2n) is 5.55. The molecule has 1 aliphatic rings. The number of carbonyl (C=O) groups is 4. The second-order valence-corrected chi connectivity index (χ2v) is 5.55. The molecule has 2 N–H and O–H groups in total. The molecule has 0 bridgehead atoms. The zero-order valence-electron chi connectivity index (χ0n) is 13.9. The molecule has 2 rings (SSSR count). The van der Waals surface area contributed by atoms with E-state index in [1.807, 2.05) is 0 Å². The van der Waals surface area contributed by atoms with Crippen molar-refractivity contribution >= 4 is 23.7 Å². The van der Waals surface area contributed by atoms with Crippen LogP contribution in [0.4, 0.5) is 4.79 Å². The molecule has 1 fully saturated rings. The van der Waals surface area contributed by atoms with E-state index in [4.69, 9.17) is 9.47 Å². The molecule has 25 heavy (non-hydrogen) atoms. The Morgan fingerprint density at radius 3 is 2.36 bits per heavy atom. The molecule has 0 aromatic heterocycles. The van der Waals surface area contributed by atoms with Gasteiger partial charge in [0, 0.05) is 18.0 Å². The first-order valence-electron chi connectivity index (χ1n) is 8.00. The number of nitrogens with one attached hydrogen (secondary N) is 2. The molecule has 0 atom stereocenters. The van der Waals surface area contributed by atoms with Gasteiger partial charge < -0.3 is 14.8 Å². The van der Waals surface area contributed by atoms with Crippen molar-refractivity contribution in [3.8, 4) is 5.75 Å². The van der Waals surface area contributed by atoms with Crippen LogP contribution in [0.15, 0.2) is 24.3 Å². The summed E-state index contributed by atoms with van der Waals surface area (Å²) in [7, 11) is 0. The standard InChI is InChI=1S/C17H20N2O6/c1-2-14(20)11-3-7-13(8-4-11)24-10-16(22)25-9-15(21)19-17(23)18-12-5-6-12/h3-4,7-8,12H,2,5-6,9-10H2,1H3,(H2,18,19,21,23). The third kappa shape index (κ3) is 6.62. The topological polar surface area (TPSA) is 111 Å². The van der Waals surface area contributed by atoms with E-state index < -0.39 is 24.5 Å². The van der Waals surface area contributed by atoms with Gasteiger partial charge in [0.2, 0.25) is 0 Å². The van der Waals surface area contributed by atoms with Crippen molar-refractivity contribution < 1.29 is 28.7 Å². The van der Waals surface area contributed by atoms with E-state index in [9.17, 15) is 19.2 Å². The summed E-state index contributed by atoms with van der Waals surface area (Å²) < 4.78 is 9.93. The number of imide groups is 1. The van der Waals surface area contributed by atoms with E-state index >= 15 is 0 Å². The average Bonchev–Trinajstić information content (AvgIpc) is 3.41. The number of esters is 1. The van der Waals surface area contributed by atoms with Gasteiger partial charge in [0.05, 0.1) is 0 Å². The normalized spacial score (nSPS) is 12.8. The van der Waals surface area contributed by atoms with E-state index in [1.54, 1.807) is 31.2 Å². The van der Waals surface area contributed by atoms with E-state index in [0.29, 0.717) is 17.7 Å². The number of urea groups is 1. The SMILES string of the molecule is CCC(=O)c1ccc(OCC(=O)OCC(=O)NC(=O)NC2CC2)cc1. The highest BCUT2D eigenvalue weighted by molar-refractivity contribution is 5.96. The van der Waals surface area contributed by atoms with Crippen LogP contribution in [-0.2, 0) is 14.3 Å². The van der Waals surface area contributed by atoms with Crippen LogP contribution in [0.25, 0.3) is 0 Å².